The van der Waals surface area contributed by atoms with Crippen LogP contribution in [0.1, 0.15) is 87.0 Å². The standard InChI is InChI=1S/C12H27N.C8H16O3/c1-4-7-10-13(11-8-5-2)12-9-6-3;1-6(9)5-11-7(10)8(2,3)4/h4-12H2,1-3H3;6,9H,5H2,1-4H3/p+1. The summed E-state index contributed by atoms with van der Waals surface area (Å²) in [6.07, 6.45) is 7.68. The van der Waals surface area contributed by atoms with Crippen molar-refractivity contribution in [3.63, 3.8) is 0 Å². The van der Waals surface area contributed by atoms with Gasteiger partial charge in [0.2, 0.25) is 0 Å². The van der Waals surface area contributed by atoms with Gasteiger partial charge in [0.15, 0.2) is 0 Å². The molecule has 1 atom stereocenters. The van der Waals surface area contributed by atoms with Gasteiger partial charge in [-0.15, -0.1) is 0 Å². The maximum atomic E-state index is 11.0. The highest BCUT2D eigenvalue weighted by atomic mass is 16.5. The molecule has 4 heteroatoms. The van der Waals surface area contributed by atoms with E-state index in [2.05, 4.69) is 20.8 Å². The first-order valence-corrected chi connectivity index (χ1v) is 9.87. The minimum absolute atomic E-state index is 0.0795. The van der Waals surface area contributed by atoms with E-state index >= 15 is 0 Å². The number of hydrogen-bond acceptors (Lipinski definition) is 3. The van der Waals surface area contributed by atoms with Gasteiger partial charge in [-0.1, -0.05) is 40.0 Å². The minimum atomic E-state index is -0.582. The van der Waals surface area contributed by atoms with Crippen LogP contribution in [-0.4, -0.2) is 43.4 Å². The number of rotatable bonds is 11. The van der Waals surface area contributed by atoms with Gasteiger partial charge in [0.1, 0.15) is 6.61 Å². The number of ether oxygens (including phenoxy) is 1. The van der Waals surface area contributed by atoms with E-state index in [1.54, 1.807) is 27.7 Å². The van der Waals surface area contributed by atoms with Crippen molar-refractivity contribution < 1.29 is 19.5 Å². The van der Waals surface area contributed by atoms with E-state index in [4.69, 9.17) is 9.84 Å². The lowest BCUT2D eigenvalue weighted by Crippen LogP contribution is -3.12. The molecule has 0 amide bonds. The molecule has 0 aromatic rings. The molecule has 24 heavy (non-hydrogen) atoms. The molecule has 0 saturated heterocycles. The first-order valence-electron chi connectivity index (χ1n) is 9.87. The number of aliphatic hydroxyl groups is 1. The Kier molecular flexibility index (Phi) is 17.0. The molecule has 0 aromatic carbocycles. The predicted molar refractivity (Wildman–Crippen MR) is 102 cm³/mol. The molecule has 0 radical (unpaired) electrons. The molecule has 2 N–H and O–H groups in total. The smallest absolute Gasteiger partial charge is 0.311 e. The highest BCUT2D eigenvalue weighted by molar-refractivity contribution is 5.75. The summed E-state index contributed by atoms with van der Waals surface area (Å²) in [5.74, 6) is -0.279. The second kappa shape index (κ2) is 15.9. The summed E-state index contributed by atoms with van der Waals surface area (Å²) in [7, 11) is 0. The fraction of sp³-hybridized carbons (Fsp3) is 0.950. The highest BCUT2D eigenvalue weighted by Crippen LogP contribution is 2.14. The Hall–Kier alpha value is -0.610. The SMILES string of the molecule is CC(O)COC(=O)C(C)(C)C.CCCC[NH+](CCCC)CCCC. The van der Waals surface area contributed by atoms with E-state index in [1.165, 1.54) is 58.2 Å². The van der Waals surface area contributed by atoms with Gasteiger partial charge in [0, 0.05) is 0 Å². The zero-order chi connectivity index (χ0) is 19.0. The van der Waals surface area contributed by atoms with Crippen molar-refractivity contribution >= 4 is 5.97 Å². The Labute approximate surface area is 151 Å². The third kappa shape index (κ3) is 17.7. The number of esters is 1. The highest BCUT2D eigenvalue weighted by Gasteiger charge is 2.23. The van der Waals surface area contributed by atoms with Gasteiger partial charge in [-0.05, 0) is 47.0 Å². The fourth-order valence-electron chi connectivity index (χ4n) is 2.07. The Bertz CT molecular complexity index is 266. The van der Waals surface area contributed by atoms with E-state index in [9.17, 15) is 4.79 Å². The second-order valence-corrected chi connectivity index (χ2v) is 7.76. The normalized spacial score (nSPS) is 12.5. The van der Waals surface area contributed by atoms with Gasteiger partial charge in [0.25, 0.3) is 0 Å². The zero-order valence-corrected chi connectivity index (χ0v) is 17.4. The molecule has 0 heterocycles. The molecule has 0 aliphatic rings. The summed E-state index contributed by atoms with van der Waals surface area (Å²) in [6.45, 7) is 18.0. The van der Waals surface area contributed by atoms with Crippen LogP contribution < -0.4 is 4.90 Å². The number of quaternary nitrogens is 1. The Morgan fingerprint density at radius 3 is 1.58 bits per heavy atom. The maximum Gasteiger partial charge on any atom is 0.311 e. The van der Waals surface area contributed by atoms with Gasteiger partial charge >= 0.3 is 5.97 Å². The van der Waals surface area contributed by atoms with Gasteiger partial charge in [-0.3, -0.25) is 4.79 Å². The molecule has 0 rings (SSSR count). The molecule has 0 aliphatic carbocycles. The lowest BCUT2D eigenvalue weighted by atomic mass is 9.97. The Morgan fingerprint density at radius 1 is 0.958 bits per heavy atom. The van der Waals surface area contributed by atoms with Crippen molar-refractivity contribution in [3.05, 3.63) is 0 Å². The van der Waals surface area contributed by atoms with E-state index < -0.39 is 11.5 Å². The van der Waals surface area contributed by atoms with E-state index in [0.717, 1.165) is 0 Å². The maximum absolute atomic E-state index is 11.0. The first-order chi connectivity index (χ1) is 11.2. The Morgan fingerprint density at radius 2 is 1.33 bits per heavy atom. The number of carbonyl (C=O) groups is 1. The van der Waals surface area contributed by atoms with Crippen LogP contribution in [-0.2, 0) is 9.53 Å². The molecule has 0 bridgehead atoms. The molecule has 0 saturated carbocycles. The molecule has 0 aliphatic heterocycles. The van der Waals surface area contributed by atoms with E-state index in [1.807, 2.05) is 4.90 Å². The van der Waals surface area contributed by atoms with E-state index in [-0.39, 0.29) is 12.6 Å². The van der Waals surface area contributed by atoms with Crippen molar-refractivity contribution in [1.29, 1.82) is 0 Å². The molecule has 0 fully saturated rings. The zero-order valence-electron chi connectivity index (χ0n) is 17.4. The van der Waals surface area contributed by atoms with Gasteiger partial charge in [-0.2, -0.15) is 0 Å². The number of hydrogen-bond donors (Lipinski definition) is 2. The molecule has 146 valence electrons. The fourth-order valence-corrected chi connectivity index (χ4v) is 2.07. The number of aliphatic hydroxyl groups excluding tert-OH is 1. The van der Waals surface area contributed by atoms with Gasteiger partial charge < -0.3 is 14.7 Å². The van der Waals surface area contributed by atoms with Gasteiger partial charge in [-0.25, -0.2) is 0 Å². The Balaban J connectivity index is 0. The largest absolute Gasteiger partial charge is 0.463 e. The summed E-state index contributed by atoms with van der Waals surface area (Å²) < 4.78 is 4.78. The van der Waals surface area contributed by atoms with Crippen LogP contribution in [0.3, 0.4) is 0 Å². The molecule has 0 aromatic heterocycles. The predicted octanol–water partition coefficient (Wildman–Crippen LogP) is 3.23. The van der Waals surface area contributed by atoms with Crippen molar-refractivity contribution in [2.24, 2.45) is 5.41 Å². The van der Waals surface area contributed by atoms with Crippen LogP contribution >= 0.6 is 0 Å². The summed E-state index contributed by atoms with van der Waals surface area (Å²) >= 11 is 0. The summed E-state index contributed by atoms with van der Waals surface area (Å²) in [4.78, 5) is 12.9. The summed E-state index contributed by atoms with van der Waals surface area (Å²) in [5.41, 5.74) is -0.477. The van der Waals surface area contributed by atoms with Crippen molar-refractivity contribution in [1.82, 2.24) is 0 Å². The summed E-state index contributed by atoms with van der Waals surface area (Å²) in [5, 5.41) is 8.79. The summed E-state index contributed by atoms with van der Waals surface area (Å²) in [6, 6.07) is 0. The van der Waals surface area contributed by atoms with Crippen LogP contribution in [0, 0.1) is 5.41 Å². The van der Waals surface area contributed by atoms with E-state index in [0.29, 0.717) is 0 Å². The van der Waals surface area contributed by atoms with Gasteiger partial charge in [0.05, 0.1) is 31.2 Å². The molecular weight excluding hydrogens is 302 g/mol. The van der Waals surface area contributed by atoms with Crippen LogP contribution in [0.15, 0.2) is 0 Å². The quantitative estimate of drug-likeness (QED) is 0.565. The lowest BCUT2D eigenvalue weighted by molar-refractivity contribution is -0.900. The van der Waals surface area contributed by atoms with Crippen LogP contribution in [0.25, 0.3) is 0 Å². The van der Waals surface area contributed by atoms with Crippen LogP contribution in [0.5, 0.6) is 0 Å². The van der Waals surface area contributed by atoms with Crippen molar-refractivity contribution in [2.75, 3.05) is 26.2 Å². The molecular formula is C20H44NO3+. The number of nitrogens with one attached hydrogen (secondary N) is 1. The monoisotopic (exact) mass is 346 g/mol. The number of unbranched alkanes of at least 4 members (excludes halogenated alkanes) is 3. The second-order valence-electron chi connectivity index (χ2n) is 7.76. The molecule has 1 unspecified atom stereocenters. The third-order valence-corrected chi connectivity index (χ3v) is 3.72. The lowest BCUT2D eigenvalue weighted by Gasteiger charge is -2.18. The first kappa shape index (κ1) is 25.6. The molecule has 0 spiro atoms. The average molecular weight is 347 g/mol. The minimum Gasteiger partial charge on any atom is -0.463 e. The van der Waals surface area contributed by atoms with Crippen LogP contribution in [0.2, 0.25) is 0 Å². The topological polar surface area (TPSA) is 51.0 Å². The van der Waals surface area contributed by atoms with Crippen molar-refractivity contribution in [2.45, 2.75) is 93.1 Å². The third-order valence-electron chi connectivity index (χ3n) is 3.72. The number of carbonyl (C=O) groups excluding carboxylic acids is 1. The average Bonchev–Trinajstić information content (AvgIpc) is 2.51. The van der Waals surface area contributed by atoms with Crippen LogP contribution in [0.4, 0.5) is 0 Å². The van der Waals surface area contributed by atoms with Crippen molar-refractivity contribution in [3.8, 4) is 0 Å². The molecule has 4 nitrogen and oxygen atoms in total.